The minimum absolute atomic E-state index is 0.0542. The van der Waals surface area contributed by atoms with Gasteiger partial charge in [0.2, 0.25) is 0 Å². The minimum Gasteiger partial charge on any atom is -0.493 e. The van der Waals surface area contributed by atoms with E-state index in [2.05, 4.69) is 15.9 Å². The molecule has 1 aliphatic rings. The van der Waals surface area contributed by atoms with Gasteiger partial charge in [-0.3, -0.25) is 9.59 Å². The van der Waals surface area contributed by atoms with Crippen molar-refractivity contribution in [1.82, 2.24) is 0 Å². The predicted molar refractivity (Wildman–Crippen MR) is 128 cm³/mol. The van der Waals surface area contributed by atoms with Gasteiger partial charge >= 0.3 is 5.97 Å². The zero-order chi connectivity index (χ0) is 23.8. The summed E-state index contributed by atoms with van der Waals surface area (Å²) in [7, 11) is 3.23. The topological polar surface area (TPSA) is 71.1 Å². The van der Waals surface area contributed by atoms with E-state index in [1.807, 2.05) is 27.7 Å². The molecule has 32 heavy (non-hydrogen) atoms. The Balaban J connectivity index is 2.13. The second-order valence-corrected chi connectivity index (χ2v) is 10.3. The summed E-state index contributed by atoms with van der Waals surface area (Å²) in [6.07, 6.45) is 1.82. The summed E-state index contributed by atoms with van der Waals surface area (Å²) in [5, 5.41) is 0. The molecule has 0 spiro atoms. The van der Waals surface area contributed by atoms with Crippen LogP contribution in [-0.4, -0.2) is 50.1 Å². The fourth-order valence-corrected chi connectivity index (χ4v) is 4.74. The lowest BCUT2D eigenvalue weighted by Crippen LogP contribution is -2.29. The molecule has 0 N–H and O–H groups in total. The third-order valence-electron chi connectivity index (χ3n) is 6.08. The zero-order valence-corrected chi connectivity index (χ0v) is 21.6. The number of ether oxygens (including phenoxy) is 4. The lowest BCUT2D eigenvalue weighted by atomic mass is 9.82. The first-order valence-corrected chi connectivity index (χ1v) is 12.3. The number of halogens is 1. The molecule has 1 aromatic rings. The summed E-state index contributed by atoms with van der Waals surface area (Å²) in [5.74, 6) is 1.15. The number of carbonyl (C=O) groups excluding carboxylic acids is 2. The molecule has 0 saturated carbocycles. The van der Waals surface area contributed by atoms with Crippen LogP contribution < -0.4 is 9.47 Å². The molecule has 0 bridgehead atoms. The molecule has 2 unspecified atom stereocenters. The summed E-state index contributed by atoms with van der Waals surface area (Å²) in [4.78, 5) is 25.6. The van der Waals surface area contributed by atoms with Crippen molar-refractivity contribution in [3.8, 4) is 11.5 Å². The van der Waals surface area contributed by atoms with Crippen molar-refractivity contribution in [2.75, 3.05) is 27.4 Å². The molecule has 1 aliphatic heterocycles. The van der Waals surface area contributed by atoms with Gasteiger partial charge in [0, 0.05) is 31.6 Å². The lowest BCUT2D eigenvalue weighted by Gasteiger charge is -2.25. The number of rotatable bonds is 13. The highest BCUT2D eigenvalue weighted by molar-refractivity contribution is 9.09. The summed E-state index contributed by atoms with van der Waals surface area (Å²) in [6.45, 7) is 9.25. The fourth-order valence-electron chi connectivity index (χ4n) is 4.02. The van der Waals surface area contributed by atoms with Crippen LogP contribution in [0.1, 0.15) is 57.3 Å². The van der Waals surface area contributed by atoms with Crippen molar-refractivity contribution < 1.29 is 28.5 Å². The highest BCUT2D eigenvalue weighted by Gasteiger charge is 2.41. The Labute approximate surface area is 200 Å². The number of alkyl halides is 1. The van der Waals surface area contributed by atoms with Crippen LogP contribution in [0, 0.1) is 23.7 Å². The Morgan fingerprint density at radius 1 is 1.16 bits per heavy atom. The number of cyclic esters (lactones) is 1. The van der Waals surface area contributed by atoms with Crippen LogP contribution in [0.25, 0.3) is 0 Å². The fraction of sp³-hybridized carbons (Fsp3) is 0.680. The van der Waals surface area contributed by atoms with E-state index in [0.29, 0.717) is 43.1 Å². The number of esters is 1. The first-order valence-electron chi connectivity index (χ1n) is 11.4. The molecule has 180 valence electrons. The molecule has 0 radical (unpaired) electrons. The van der Waals surface area contributed by atoms with Crippen molar-refractivity contribution in [2.45, 2.75) is 57.9 Å². The lowest BCUT2D eigenvalue weighted by molar-refractivity contribution is -0.145. The molecule has 1 heterocycles. The minimum atomic E-state index is -0.217. The molecule has 1 saturated heterocycles. The van der Waals surface area contributed by atoms with Crippen molar-refractivity contribution in [2.24, 2.45) is 23.7 Å². The number of benzene rings is 1. The van der Waals surface area contributed by atoms with E-state index in [4.69, 9.17) is 18.9 Å². The second kappa shape index (κ2) is 12.6. The normalized spacial score (nSPS) is 20.3. The smallest absolute Gasteiger partial charge is 0.309 e. The zero-order valence-electron chi connectivity index (χ0n) is 20.1. The summed E-state index contributed by atoms with van der Waals surface area (Å²) < 4.78 is 21.9. The highest BCUT2D eigenvalue weighted by atomic mass is 79.9. The molecular weight excluding hydrogens is 476 g/mol. The van der Waals surface area contributed by atoms with Gasteiger partial charge in [0.1, 0.15) is 6.10 Å². The van der Waals surface area contributed by atoms with Gasteiger partial charge in [0.25, 0.3) is 0 Å². The number of ketones is 1. The van der Waals surface area contributed by atoms with E-state index in [-0.39, 0.29) is 46.4 Å². The molecule has 2 rings (SSSR count). The van der Waals surface area contributed by atoms with Gasteiger partial charge in [0.15, 0.2) is 17.3 Å². The number of hydrogen-bond acceptors (Lipinski definition) is 6. The number of methoxy groups -OCH3 is 2. The van der Waals surface area contributed by atoms with E-state index in [0.717, 1.165) is 6.42 Å². The third-order valence-corrected chi connectivity index (χ3v) is 7.05. The van der Waals surface area contributed by atoms with Crippen LogP contribution in [0.4, 0.5) is 0 Å². The van der Waals surface area contributed by atoms with E-state index in [9.17, 15) is 9.59 Å². The van der Waals surface area contributed by atoms with Crippen molar-refractivity contribution in [3.05, 3.63) is 23.8 Å². The van der Waals surface area contributed by atoms with Crippen LogP contribution in [-0.2, 0) is 14.3 Å². The number of carbonyl (C=O) groups is 2. The molecule has 7 heteroatoms. The first-order chi connectivity index (χ1) is 15.2. The van der Waals surface area contributed by atoms with Gasteiger partial charge in [-0.25, -0.2) is 0 Å². The van der Waals surface area contributed by atoms with E-state index in [1.165, 1.54) is 0 Å². The van der Waals surface area contributed by atoms with Gasteiger partial charge in [0.05, 0.1) is 24.5 Å². The van der Waals surface area contributed by atoms with Gasteiger partial charge < -0.3 is 18.9 Å². The highest BCUT2D eigenvalue weighted by Crippen LogP contribution is 2.36. The molecule has 6 nitrogen and oxygen atoms in total. The molecule has 1 fully saturated rings. The van der Waals surface area contributed by atoms with Crippen LogP contribution in [0.5, 0.6) is 11.5 Å². The summed E-state index contributed by atoms with van der Waals surface area (Å²) in [5.41, 5.74) is 0.592. The SMILES string of the molecule is COCCCOc1cc(C(=O)[C@H](C[C@@H](Br)C2CC(C(C)C)C(=O)O2)C(C)C)ccc1OC. The van der Waals surface area contributed by atoms with Crippen molar-refractivity contribution in [3.63, 3.8) is 0 Å². The maximum Gasteiger partial charge on any atom is 0.309 e. The third kappa shape index (κ3) is 6.95. The molecule has 0 amide bonds. The first kappa shape index (κ1) is 26.7. The van der Waals surface area contributed by atoms with Gasteiger partial charge in [-0.2, -0.15) is 0 Å². The average Bonchev–Trinajstić information content (AvgIpc) is 3.16. The van der Waals surface area contributed by atoms with E-state index < -0.39 is 0 Å². The van der Waals surface area contributed by atoms with Gasteiger partial charge in [-0.15, -0.1) is 0 Å². The average molecular weight is 513 g/mol. The summed E-state index contributed by atoms with van der Waals surface area (Å²) >= 11 is 3.72. The van der Waals surface area contributed by atoms with Crippen molar-refractivity contribution >= 4 is 27.7 Å². The Morgan fingerprint density at radius 2 is 1.88 bits per heavy atom. The molecule has 1 aromatic carbocycles. The summed E-state index contributed by atoms with van der Waals surface area (Å²) in [6, 6.07) is 5.32. The van der Waals surface area contributed by atoms with Crippen LogP contribution in [0.3, 0.4) is 0 Å². The van der Waals surface area contributed by atoms with Crippen molar-refractivity contribution in [1.29, 1.82) is 0 Å². The Kier molecular flexibility index (Phi) is 10.5. The Bertz CT molecular complexity index is 763. The predicted octanol–water partition coefficient (Wildman–Crippen LogP) is 5.31. The quantitative estimate of drug-likeness (QED) is 0.154. The largest absolute Gasteiger partial charge is 0.493 e. The molecule has 4 atom stereocenters. The Morgan fingerprint density at radius 3 is 2.44 bits per heavy atom. The standard InChI is InChI=1S/C25H37BrO6/c1-15(2)18(13-20(26)22-14-19(16(3)4)25(28)32-22)24(27)17-8-9-21(30-6)23(12-17)31-11-7-10-29-5/h8-9,12,15-16,18-20,22H,7,10-11,13-14H2,1-6H3/t18-,19?,20-,22?/m1/s1. The van der Waals surface area contributed by atoms with Crippen LogP contribution >= 0.6 is 15.9 Å². The Hall–Kier alpha value is -1.60. The van der Waals surface area contributed by atoms with E-state index >= 15 is 0 Å². The number of hydrogen-bond donors (Lipinski definition) is 0. The van der Waals surface area contributed by atoms with Crippen LogP contribution in [0.15, 0.2) is 18.2 Å². The second-order valence-electron chi connectivity index (χ2n) is 9.09. The molecule has 0 aromatic heterocycles. The van der Waals surface area contributed by atoms with E-state index in [1.54, 1.807) is 32.4 Å². The van der Waals surface area contributed by atoms with Crippen LogP contribution in [0.2, 0.25) is 0 Å². The number of Topliss-reactive ketones (excluding diaryl/α,β-unsaturated/α-hetero) is 1. The maximum absolute atomic E-state index is 13.5. The molecule has 0 aliphatic carbocycles. The van der Waals surface area contributed by atoms with Gasteiger partial charge in [-0.05, 0) is 42.9 Å². The molecular formula is C25H37BrO6. The monoisotopic (exact) mass is 512 g/mol. The maximum atomic E-state index is 13.5. The van der Waals surface area contributed by atoms with Gasteiger partial charge in [-0.1, -0.05) is 43.6 Å².